The molecular formula is C17H16N2O4S2. The van der Waals surface area contributed by atoms with E-state index in [2.05, 4.69) is 4.98 Å². The zero-order valence-electron chi connectivity index (χ0n) is 13.5. The van der Waals surface area contributed by atoms with Gasteiger partial charge in [-0.1, -0.05) is 0 Å². The van der Waals surface area contributed by atoms with E-state index in [1.807, 2.05) is 22.2 Å². The number of hydrogen-bond donors (Lipinski definition) is 0. The van der Waals surface area contributed by atoms with Crippen molar-refractivity contribution in [1.82, 2.24) is 9.88 Å². The van der Waals surface area contributed by atoms with Crippen molar-refractivity contribution in [2.45, 2.75) is 13.0 Å². The molecule has 0 bridgehead atoms. The molecule has 6 nitrogen and oxygen atoms in total. The lowest BCUT2D eigenvalue weighted by Crippen LogP contribution is -2.30. The average Bonchev–Trinajstić information content (AvgIpc) is 3.34. The molecule has 8 heteroatoms. The summed E-state index contributed by atoms with van der Waals surface area (Å²) in [6.45, 7) is 0.0387. The number of amides is 1. The highest BCUT2D eigenvalue weighted by molar-refractivity contribution is 7.14. The van der Waals surface area contributed by atoms with Gasteiger partial charge in [-0.2, -0.15) is 11.3 Å². The van der Waals surface area contributed by atoms with Crippen molar-refractivity contribution in [3.8, 4) is 10.6 Å². The lowest BCUT2D eigenvalue weighted by molar-refractivity contribution is -0.151. The van der Waals surface area contributed by atoms with Crippen molar-refractivity contribution in [2.24, 2.45) is 0 Å². The first-order valence-corrected chi connectivity index (χ1v) is 9.33. The molecule has 0 saturated carbocycles. The SMILES string of the molecule is CN(Cc1ccco1)C(=O)COC(=O)Cc1csc(-c2ccsc2)n1. The van der Waals surface area contributed by atoms with E-state index in [4.69, 9.17) is 9.15 Å². The van der Waals surface area contributed by atoms with E-state index < -0.39 is 5.97 Å². The van der Waals surface area contributed by atoms with Crippen molar-refractivity contribution in [3.05, 3.63) is 52.1 Å². The monoisotopic (exact) mass is 376 g/mol. The summed E-state index contributed by atoms with van der Waals surface area (Å²) >= 11 is 3.08. The molecule has 1 amide bonds. The number of thiophene rings is 1. The van der Waals surface area contributed by atoms with Gasteiger partial charge >= 0.3 is 5.97 Å². The number of carbonyl (C=O) groups is 2. The molecule has 0 aliphatic heterocycles. The number of aromatic nitrogens is 1. The number of ether oxygens (including phenoxy) is 1. The molecular weight excluding hydrogens is 360 g/mol. The second-order valence-electron chi connectivity index (χ2n) is 5.32. The first-order valence-electron chi connectivity index (χ1n) is 7.51. The summed E-state index contributed by atoms with van der Waals surface area (Å²) < 4.78 is 10.2. The third-order valence-electron chi connectivity index (χ3n) is 3.40. The van der Waals surface area contributed by atoms with Crippen molar-refractivity contribution in [3.63, 3.8) is 0 Å². The Morgan fingerprint density at radius 1 is 1.32 bits per heavy atom. The number of furan rings is 1. The number of hydrogen-bond acceptors (Lipinski definition) is 7. The van der Waals surface area contributed by atoms with Crippen molar-refractivity contribution >= 4 is 34.6 Å². The van der Waals surface area contributed by atoms with Gasteiger partial charge in [0.25, 0.3) is 5.91 Å². The molecule has 3 aromatic rings. The molecule has 0 fully saturated rings. The largest absolute Gasteiger partial charge is 0.467 e. The van der Waals surface area contributed by atoms with Crippen LogP contribution >= 0.6 is 22.7 Å². The van der Waals surface area contributed by atoms with Crippen LogP contribution in [0.15, 0.2) is 45.0 Å². The Balaban J connectivity index is 1.45. The Hall–Kier alpha value is -2.45. The van der Waals surface area contributed by atoms with Gasteiger partial charge in [-0.25, -0.2) is 4.98 Å². The molecule has 25 heavy (non-hydrogen) atoms. The van der Waals surface area contributed by atoms with Crippen LogP contribution < -0.4 is 0 Å². The highest BCUT2D eigenvalue weighted by atomic mass is 32.1. The smallest absolute Gasteiger partial charge is 0.312 e. The predicted octanol–water partition coefficient (Wildman–Crippen LogP) is 3.21. The van der Waals surface area contributed by atoms with Crippen LogP contribution in [-0.2, 0) is 27.3 Å². The molecule has 3 heterocycles. The zero-order valence-corrected chi connectivity index (χ0v) is 15.1. The number of carbonyl (C=O) groups excluding carboxylic acids is 2. The van der Waals surface area contributed by atoms with Gasteiger partial charge in [-0.3, -0.25) is 9.59 Å². The van der Waals surface area contributed by atoms with E-state index in [-0.39, 0.29) is 18.9 Å². The van der Waals surface area contributed by atoms with Crippen LogP contribution in [0.5, 0.6) is 0 Å². The van der Waals surface area contributed by atoms with Gasteiger partial charge < -0.3 is 14.1 Å². The van der Waals surface area contributed by atoms with Gasteiger partial charge in [0.1, 0.15) is 10.8 Å². The highest BCUT2D eigenvalue weighted by Crippen LogP contribution is 2.25. The van der Waals surface area contributed by atoms with Crippen LogP contribution in [0.4, 0.5) is 0 Å². The third kappa shape index (κ3) is 4.77. The minimum atomic E-state index is -0.470. The highest BCUT2D eigenvalue weighted by Gasteiger charge is 2.15. The van der Waals surface area contributed by atoms with Crippen LogP contribution in [0, 0.1) is 0 Å². The molecule has 0 N–H and O–H groups in total. The first kappa shape index (κ1) is 17.4. The molecule has 0 saturated heterocycles. The minimum absolute atomic E-state index is 0.0514. The zero-order chi connectivity index (χ0) is 17.6. The normalized spacial score (nSPS) is 10.6. The summed E-state index contributed by atoms with van der Waals surface area (Å²) in [5.41, 5.74) is 1.69. The lowest BCUT2D eigenvalue weighted by Gasteiger charge is -2.15. The van der Waals surface area contributed by atoms with Gasteiger partial charge in [0, 0.05) is 23.4 Å². The number of esters is 1. The summed E-state index contributed by atoms with van der Waals surface area (Å²) in [6.07, 6.45) is 1.60. The molecule has 0 aromatic carbocycles. The maximum Gasteiger partial charge on any atom is 0.312 e. The fraction of sp³-hybridized carbons (Fsp3) is 0.235. The Bertz CT molecular complexity index is 825. The number of thiazole rings is 1. The molecule has 3 rings (SSSR count). The average molecular weight is 376 g/mol. The van der Waals surface area contributed by atoms with Gasteiger partial charge in [0.15, 0.2) is 6.61 Å². The predicted molar refractivity (Wildman–Crippen MR) is 95.3 cm³/mol. The van der Waals surface area contributed by atoms with Crippen LogP contribution in [0.2, 0.25) is 0 Å². The molecule has 0 aliphatic rings. The van der Waals surface area contributed by atoms with Crippen LogP contribution in [0.3, 0.4) is 0 Å². The number of rotatable bonds is 7. The van der Waals surface area contributed by atoms with E-state index in [0.29, 0.717) is 18.0 Å². The van der Waals surface area contributed by atoms with Gasteiger partial charge in [-0.15, -0.1) is 11.3 Å². The van der Waals surface area contributed by atoms with Crippen molar-refractivity contribution in [2.75, 3.05) is 13.7 Å². The molecule has 0 unspecified atom stereocenters. The Kier molecular flexibility index (Phi) is 5.62. The van der Waals surface area contributed by atoms with Gasteiger partial charge in [0.05, 0.1) is 24.9 Å². The van der Waals surface area contributed by atoms with Crippen LogP contribution in [-0.4, -0.2) is 35.4 Å². The Morgan fingerprint density at radius 3 is 2.92 bits per heavy atom. The summed E-state index contributed by atoms with van der Waals surface area (Å²) in [5, 5.41) is 6.70. The van der Waals surface area contributed by atoms with E-state index in [1.54, 1.807) is 36.8 Å². The van der Waals surface area contributed by atoms with Crippen molar-refractivity contribution < 1.29 is 18.7 Å². The standard InChI is InChI=1S/C17H16N2O4S2/c1-19(8-14-3-2-5-22-14)15(20)9-23-16(21)7-13-11-25-17(18-13)12-4-6-24-10-12/h2-6,10-11H,7-9H2,1H3. The first-order chi connectivity index (χ1) is 12.1. The van der Waals surface area contributed by atoms with Crippen molar-refractivity contribution in [1.29, 1.82) is 0 Å². The topological polar surface area (TPSA) is 72.6 Å². The van der Waals surface area contributed by atoms with E-state index in [9.17, 15) is 9.59 Å². The molecule has 0 atom stereocenters. The third-order valence-corrected chi connectivity index (χ3v) is 5.02. The molecule has 3 aromatic heterocycles. The van der Waals surface area contributed by atoms with E-state index in [0.717, 1.165) is 10.6 Å². The molecule has 0 spiro atoms. The maximum absolute atomic E-state index is 12.0. The second-order valence-corrected chi connectivity index (χ2v) is 6.96. The Morgan fingerprint density at radius 2 is 2.20 bits per heavy atom. The van der Waals surface area contributed by atoms with Crippen LogP contribution in [0.1, 0.15) is 11.5 Å². The molecule has 0 aliphatic carbocycles. The lowest BCUT2D eigenvalue weighted by atomic mass is 10.3. The Labute approximate surface area is 152 Å². The molecule has 0 radical (unpaired) electrons. The minimum Gasteiger partial charge on any atom is -0.467 e. The van der Waals surface area contributed by atoms with E-state index in [1.165, 1.54) is 16.2 Å². The van der Waals surface area contributed by atoms with Gasteiger partial charge in [0.2, 0.25) is 0 Å². The number of nitrogens with zero attached hydrogens (tertiary/aromatic N) is 2. The summed E-state index contributed by atoms with van der Waals surface area (Å²) in [7, 11) is 1.63. The van der Waals surface area contributed by atoms with Crippen LogP contribution in [0.25, 0.3) is 10.6 Å². The molecule has 130 valence electrons. The second kappa shape index (κ2) is 8.09. The summed E-state index contributed by atoms with van der Waals surface area (Å²) in [6, 6.07) is 5.52. The van der Waals surface area contributed by atoms with Gasteiger partial charge in [-0.05, 0) is 23.6 Å². The maximum atomic E-state index is 12.0. The summed E-state index contributed by atoms with van der Waals surface area (Å²) in [4.78, 5) is 29.8. The van der Waals surface area contributed by atoms with E-state index >= 15 is 0 Å². The summed E-state index contributed by atoms with van der Waals surface area (Å²) in [5.74, 6) is -0.0884. The quantitative estimate of drug-likeness (QED) is 0.592. The fourth-order valence-corrected chi connectivity index (χ4v) is 3.61. The fourth-order valence-electron chi connectivity index (χ4n) is 2.08. The number of likely N-dealkylation sites (N-methyl/N-ethyl adjacent to an activating group) is 1.